The van der Waals surface area contributed by atoms with Crippen molar-refractivity contribution in [3.05, 3.63) is 30.2 Å². The Labute approximate surface area is 171 Å². The van der Waals surface area contributed by atoms with Crippen molar-refractivity contribution in [1.29, 1.82) is 0 Å². The van der Waals surface area contributed by atoms with Crippen molar-refractivity contribution >= 4 is 17.5 Å². The van der Waals surface area contributed by atoms with Gasteiger partial charge in [-0.2, -0.15) is 0 Å². The third kappa shape index (κ3) is 3.96. The molecule has 154 valence electrons. The first kappa shape index (κ1) is 19.8. The summed E-state index contributed by atoms with van der Waals surface area (Å²) >= 11 is 0. The Morgan fingerprint density at radius 2 is 1.86 bits per heavy atom. The molecular formula is C22H29N5O2. The first-order chi connectivity index (χ1) is 13.9. The van der Waals surface area contributed by atoms with Gasteiger partial charge in [0.05, 0.1) is 24.5 Å². The summed E-state index contributed by atoms with van der Waals surface area (Å²) in [4.78, 5) is 28.6. The van der Waals surface area contributed by atoms with E-state index < -0.39 is 0 Å². The van der Waals surface area contributed by atoms with Gasteiger partial charge in [-0.05, 0) is 37.8 Å². The molecule has 0 bridgehead atoms. The molecule has 0 unspecified atom stereocenters. The predicted molar refractivity (Wildman–Crippen MR) is 113 cm³/mol. The van der Waals surface area contributed by atoms with Gasteiger partial charge in [0.2, 0.25) is 5.91 Å². The van der Waals surface area contributed by atoms with Gasteiger partial charge in [0.1, 0.15) is 0 Å². The van der Waals surface area contributed by atoms with Gasteiger partial charge in [0.25, 0.3) is 0 Å². The van der Waals surface area contributed by atoms with Gasteiger partial charge in [-0.3, -0.25) is 14.7 Å². The second-order valence-corrected chi connectivity index (χ2v) is 8.89. The highest BCUT2D eigenvalue weighted by atomic mass is 16.5. The van der Waals surface area contributed by atoms with Gasteiger partial charge in [0.15, 0.2) is 11.6 Å². The van der Waals surface area contributed by atoms with Gasteiger partial charge in [-0.15, -0.1) is 0 Å². The molecule has 0 aromatic carbocycles. The molecule has 0 radical (unpaired) electrons. The molecule has 2 aromatic heterocycles. The van der Waals surface area contributed by atoms with Crippen molar-refractivity contribution in [1.82, 2.24) is 15.0 Å². The minimum atomic E-state index is -0.00571. The Morgan fingerprint density at radius 1 is 1.10 bits per heavy atom. The van der Waals surface area contributed by atoms with Crippen LogP contribution in [0.25, 0.3) is 11.3 Å². The SMILES string of the molecule is COC1CCC(N2C(=O)CNc3ncc(-c4ccc(C(C)(C)C)nc4)nc32)CC1. The summed E-state index contributed by atoms with van der Waals surface area (Å²) in [5, 5.41) is 3.10. The molecule has 0 spiro atoms. The lowest BCUT2D eigenvalue weighted by atomic mass is 9.91. The zero-order valence-electron chi connectivity index (χ0n) is 17.6. The number of carbonyl (C=O) groups is 1. The van der Waals surface area contributed by atoms with Crippen LogP contribution in [0, 0.1) is 0 Å². The summed E-state index contributed by atoms with van der Waals surface area (Å²) in [6, 6.07) is 4.19. The number of pyridine rings is 1. The normalized spacial score (nSPS) is 22.2. The van der Waals surface area contributed by atoms with Crippen LogP contribution in [0.2, 0.25) is 0 Å². The van der Waals surface area contributed by atoms with E-state index in [1.54, 1.807) is 13.3 Å². The van der Waals surface area contributed by atoms with E-state index in [4.69, 9.17) is 9.72 Å². The average molecular weight is 396 g/mol. The molecule has 7 heteroatoms. The maximum absolute atomic E-state index is 12.8. The molecule has 0 saturated heterocycles. The number of amides is 1. The van der Waals surface area contributed by atoms with Gasteiger partial charge in [-0.1, -0.05) is 20.8 Å². The lowest BCUT2D eigenvalue weighted by Gasteiger charge is -2.38. The van der Waals surface area contributed by atoms with Crippen molar-refractivity contribution in [2.45, 2.75) is 64.0 Å². The minimum Gasteiger partial charge on any atom is -0.381 e. The Balaban J connectivity index is 1.64. The monoisotopic (exact) mass is 395 g/mol. The van der Waals surface area contributed by atoms with Gasteiger partial charge in [-0.25, -0.2) is 9.97 Å². The largest absolute Gasteiger partial charge is 0.381 e. The van der Waals surface area contributed by atoms with E-state index in [9.17, 15) is 4.79 Å². The third-order valence-corrected chi connectivity index (χ3v) is 5.83. The lowest BCUT2D eigenvalue weighted by molar-refractivity contribution is -0.118. The molecule has 2 aliphatic rings. The summed E-state index contributed by atoms with van der Waals surface area (Å²) < 4.78 is 5.48. The number of ether oxygens (including phenoxy) is 1. The maximum Gasteiger partial charge on any atom is 0.247 e. The van der Waals surface area contributed by atoms with E-state index >= 15 is 0 Å². The van der Waals surface area contributed by atoms with Crippen LogP contribution >= 0.6 is 0 Å². The number of fused-ring (bicyclic) bond motifs is 1. The van der Waals surface area contributed by atoms with E-state index in [0.29, 0.717) is 11.6 Å². The summed E-state index contributed by atoms with van der Waals surface area (Å²) in [5.41, 5.74) is 2.65. The van der Waals surface area contributed by atoms with Crippen LogP contribution in [0.5, 0.6) is 0 Å². The summed E-state index contributed by atoms with van der Waals surface area (Å²) in [5.74, 6) is 1.34. The van der Waals surface area contributed by atoms with Crippen LogP contribution in [0.4, 0.5) is 11.6 Å². The quantitative estimate of drug-likeness (QED) is 0.856. The Bertz CT molecular complexity index is 883. The molecule has 1 saturated carbocycles. The number of nitrogens with one attached hydrogen (secondary N) is 1. The molecule has 29 heavy (non-hydrogen) atoms. The fraction of sp³-hybridized carbons (Fsp3) is 0.545. The number of aromatic nitrogens is 3. The molecule has 0 atom stereocenters. The van der Waals surface area contributed by atoms with Crippen molar-refractivity contribution < 1.29 is 9.53 Å². The third-order valence-electron chi connectivity index (χ3n) is 5.83. The van der Waals surface area contributed by atoms with Crippen molar-refractivity contribution in [3.63, 3.8) is 0 Å². The van der Waals surface area contributed by atoms with Crippen LogP contribution in [-0.4, -0.2) is 46.7 Å². The van der Waals surface area contributed by atoms with Crippen LogP contribution in [0.3, 0.4) is 0 Å². The Morgan fingerprint density at radius 3 is 2.48 bits per heavy atom. The maximum atomic E-state index is 12.8. The van der Waals surface area contributed by atoms with Crippen LogP contribution in [-0.2, 0) is 14.9 Å². The van der Waals surface area contributed by atoms with E-state index in [0.717, 1.165) is 42.6 Å². The number of nitrogens with zero attached hydrogens (tertiary/aromatic N) is 4. The Hall–Kier alpha value is -2.54. The van der Waals surface area contributed by atoms with Gasteiger partial charge < -0.3 is 10.1 Å². The van der Waals surface area contributed by atoms with Crippen molar-refractivity contribution in [2.24, 2.45) is 0 Å². The van der Waals surface area contributed by atoms with Crippen molar-refractivity contribution in [3.8, 4) is 11.3 Å². The lowest BCUT2D eigenvalue weighted by Crippen LogP contribution is -2.49. The number of rotatable bonds is 3. The molecule has 7 nitrogen and oxygen atoms in total. The van der Waals surface area contributed by atoms with E-state index in [2.05, 4.69) is 36.1 Å². The number of anilines is 2. The highest BCUT2D eigenvalue weighted by Crippen LogP contribution is 2.34. The zero-order chi connectivity index (χ0) is 20.6. The molecule has 3 heterocycles. The molecular weight excluding hydrogens is 366 g/mol. The van der Waals surface area contributed by atoms with Crippen LogP contribution in [0.15, 0.2) is 24.5 Å². The summed E-state index contributed by atoms with van der Waals surface area (Å²) in [6.45, 7) is 6.68. The molecule has 1 N–H and O–H groups in total. The fourth-order valence-corrected chi connectivity index (χ4v) is 4.08. The molecule has 2 aromatic rings. The first-order valence-corrected chi connectivity index (χ1v) is 10.3. The standard InChI is InChI=1S/C22H29N5O2/c1-22(2,3)18-10-5-14(11-23-18)17-12-24-20-21(26-17)27(19(28)13-25-20)15-6-8-16(29-4)9-7-15/h5,10-12,15-16H,6-9,13H2,1-4H3,(H,24,25). The second-order valence-electron chi connectivity index (χ2n) is 8.89. The van der Waals surface area contributed by atoms with E-state index in [1.807, 2.05) is 23.2 Å². The average Bonchev–Trinajstić information content (AvgIpc) is 2.73. The number of methoxy groups -OCH3 is 1. The highest BCUT2D eigenvalue weighted by Gasteiger charge is 2.35. The first-order valence-electron chi connectivity index (χ1n) is 10.3. The van der Waals surface area contributed by atoms with Crippen molar-refractivity contribution in [2.75, 3.05) is 23.9 Å². The van der Waals surface area contributed by atoms with Gasteiger partial charge >= 0.3 is 0 Å². The molecule has 4 rings (SSSR count). The van der Waals surface area contributed by atoms with E-state index in [-0.39, 0.29) is 30.0 Å². The molecule has 1 aliphatic carbocycles. The molecule has 1 amide bonds. The molecule has 1 fully saturated rings. The number of carbonyl (C=O) groups excluding carboxylic acids is 1. The smallest absolute Gasteiger partial charge is 0.247 e. The predicted octanol–water partition coefficient (Wildman–Crippen LogP) is 3.55. The molecule has 1 aliphatic heterocycles. The highest BCUT2D eigenvalue weighted by molar-refractivity contribution is 6.01. The summed E-state index contributed by atoms with van der Waals surface area (Å²) in [7, 11) is 1.76. The fourth-order valence-electron chi connectivity index (χ4n) is 4.08. The second kappa shape index (κ2) is 7.71. The minimum absolute atomic E-state index is 0.00571. The summed E-state index contributed by atoms with van der Waals surface area (Å²) in [6.07, 6.45) is 7.61. The Kier molecular flexibility index (Phi) is 5.25. The van der Waals surface area contributed by atoms with Crippen LogP contribution in [0.1, 0.15) is 52.1 Å². The van der Waals surface area contributed by atoms with Crippen LogP contribution < -0.4 is 10.2 Å². The van der Waals surface area contributed by atoms with Gasteiger partial charge in [0, 0.05) is 36.0 Å². The number of hydrogen-bond donors (Lipinski definition) is 1. The van der Waals surface area contributed by atoms with E-state index in [1.165, 1.54) is 0 Å². The zero-order valence-corrected chi connectivity index (χ0v) is 17.6. The topological polar surface area (TPSA) is 80.2 Å². The number of hydrogen-bond acceptors (Lipinski definition) is 6.